The van der Waals surface area contributed by atoms with Crippen molar-refractivity contribution >= 4 is 40.8 Å². The first-order valence-corrected chi connectivity index (χ1v) is 14.3. The van der Waals surface area contributed by atoms with Crippen molar-refractivity contribution in [1.82, 2.24) is 18.9 Å². The van der Waals surface area contributed by atoms with Gasteiger partial charge in [-0.3, -0.25) is 18.7 Å². The third-order valence-electron chi connectivity index (χ3n) is 7.63. The van der Waals surface area contributed by atoms with E-state index in [2.05, 4.69) is 5.32 Å². The molecule has 0 bridgehead atoms. The lowest BCUT2D eigenvalue weighted by atomic mass is 10.0. The van der Waals surface area contributed by atoms with E-state index >= 15 is 0 Å². The molecule has 11 heteroatoms. The maximum Gasteiger partial charge on any atom is 0.331 e. The average molecular weight is 585 g/mol. The van der Waals surface area contributed by atoms with Gasteiger partial charge in [-0.2, -0.15) is 0 Å². The van der Waals surface area contributed by atoms with Crippen LogP contribution in [0.25, 0.3) is 11.1 Å². The van der Waals surface area contributed by atoms with Gasteiger partial charge < -0.3 is 15.1 Å². The normalized spacial score (nSPS) is 15.9. The minimum absolute atomic E-state index is 0.0177. The Balaban J connectivity index is 1.31. The average Bonchev–Trinajstić information content (AvgIpc) is 3.12. The first-order valence-electron chi connectivity index (χ1n) is 13.5. The summed E-state index contributed by atoms with van der Waals surface area (Å²) in [7, 11) is 0. The number of nitrogens with zero attached hydrogens (tertiary/aromatic N) is 4. The summed E-state index contributed by atoms with van der Waals surface area (Å²) in [5.41, 5.74) is 1.55. The summed E-state index contributed by atoms with van der Waals surface area (Å²) in [6, 6.07) is 12.7. The molecule has 3 aromatic rings. The highest BCUT2D eigenvalue weighted by atomic mass is 35.5. The van der Waals surface area contributed by atoms with Crippen LogP contribution >= 0.6 is 23.2 Å². The molecule has 9 nitrogen and oxygen atoms in total. The number of hydrogen-bond donors (Lipinski definition) is 1. The van der Waals surface area contributed by atoms with Gasteiger partial charge in [0.25, 0.3) is 5.56 Å². The molecule has 0 aliphatic carbocycles. The van der Waals surface area contributed by atoms with Crippen molar-refractivity contribution < 1.29 is 9.59 Å². The van der Waals surface area contributed by atoms with Crippen molar-refractivity contribution in [3.63, 3.8) is 0 Å². The van der Waals surface area contributed by atoms with Crippen LogP contribution < -0.4 is 16.6 Å². The quantitative estimate of drug-likeness (QED) is 0.463. The summed E-state index contributed by atoms with van der Waals surface area (Å²) in [5, 5.41) is 3.51. The van der Waals surface area contributed by atoms with Gasteiger partial charge in [-0.1, -0.05) is 60.5 Å². The van der Waals surface area contributed by atoms with Crippen LogP contribution in [0.2, 0.25) is 10.0 Å². The summed E-state index contributed by atoms with van der Waals surface area (Å²) < 4.78 is 2.42. The molecule has 2 aliphatic heterocycles. The first-order chi connectivity index (χ1) is 19.3. The number of likely N-dealkylation sites (tertiary alicyclic amines) is 1. The van der Waals surface area contributed by atoms with E-state index in [1.54, 1.807) is 23.1 Å². The van der Waals surface area contributed by atoms with Gasteiger partial charge in [0.15, 0.2) is 0 Å². The standard InChI is InChI=1S/C29H31Cl2N5O4/c1-2-13-36-27(38)22(21-7-5-8-23(30)26(21)31)17-34(29(36)40)18-25(37)33-14-11-20(12-15-33)35-16-10-19-6-3-4-9-24(19)32-28(35)39/h3-9,17,20H,2,10-16,18H2,1H3,(H,32,39). The number of fused-ring (bicyclic) bond motifs is 1. The molecule has 5 rings (SSSR count). The number of piperidine rings is 1. The van der Waals surface area contributed by atoms with Gasteiger partial charge in [-0.05, 0) is 43.4 Å². The van der Waals surface area contributed by atoms with E-state index in [-0.39, 0.29) is 41.7 Å². The number of amides is 3. The van der Waals surface area contributed by atoms with Crippen molar-refractivity contribution in [1.29, 1.82) is 0 Å². The van der Waals surface area contributed by atoms with Crippen LogP contribution in [0.15, 0.2) is 58.3 Å². The second-order valence-corrected chi connectivity index (χ2v) is 10.9. The predicted octanol–water partition coefficient (Wildman–Crippen LogP) is 4.48. The number of rotatable bonds is 6. The Morgan fingerprint density at radius 2 is 1.73 bits per heavy atom. The summed E-state index contributed by atoms with van der Waals surface area (Å²) in [6.07, 6.45) is 4.02. The molecule has 0 saturated carbocycles. The van der Waals surface area contributed by atoms with E-state index in [1.807, 2.05) is 36.1 Å². The summed E-state index contributed by atoms with van der Waals surface area (Å²) in [6.45, 7) is 3.43. The Kier molecular flexibility index (Phi) is 8.32. The Morgan fingerprint density at radius 3 is 2.48 bits per heavy atom. The molecular weight excluding hydrogens is 553 g/mol. The molecule has 0 spiro atoms. The molecule has 3 amide bonds. The zero-order chi connectivity index (χ0) is 28.4. The second-order valence-electron chi connectivity index (χ2n) is 10.2. The van der Waals surface area contributed by atoms with Crippen molar-refractivity contribution in [2.24, 2.45) is 0 Å². The predicted molar refractivity (Wildman–Crippen MR) is 156 cm³/mol. The molecule has 1 aromatic heterocycles. The summed E-state index contributed by atoms with van der Waals surface area (Å²) >= 11 is 12.6. The molecule has 2 aliphatic rings. The Bertz CT molecular complexity index is 1560. The van der Waals surface area contributed by atoms with Crippen molar-refractivity contribution in [3.05, 3.63) is 85.1 Å². The number of urea groups is 1. The van der Waals surface area contributed by atoms with E-state index in [0.29, 0.717) is 49.5 Å². The van der Waals surface area contributed by atoms with Crippen LogP contribution in [-0.4, -0.2) is 56.5 Å². The van der Waals surface area contributed by atoms with Crippen LogP contribution in [0, 0.1) is 0 Å². The molecule has 40 heavy (non-hydrogen) atoms. The van der Waals surface area contributed by atoms with E-state index < -0.39 is 11.2 Å². The largest absolute Gasteiger partial charge is 0.341 e. The van der Waals surface area contributed by atoms with E-state index in [1.165, 1.54) is 10.8 Å². The van der Waals surface area contributed by atoms with Gasteiger partial charge in [0, 0.05) is 49.7 Å². The number of aromatic nitrogens is 2. The van der Waals surface area contributed by atoms with Crippen molar-refractivity contribution in [2.75, 3.05) is 25.0 Å². The SMILES string of the molecule is CCCn1c(=O)c(-c2cccc(Cl)c2Cl)cn(CC(=O)N2CCC(N3CCc4ccccc4NC3=O)CC2)c1=O. The Labute approximate surface area is 241 Å². The molecule has 0 radical (unpaired) electrons. The second kappa shape index (κ2) is 11.9. The van der Waals surface area contributed by atoms with Crippen molar-refractivity contribution in [2.45, 2.75) is 51.7 Å². The fraction of sp³-hybridized carbons (Fsp3) is 0.379. The molecule has 2 aromatic carbocycles. The number of nitrogens with one attached hydrogen (secondary N) is 1. The molecular formula is C29H31Cl2N5O4. The van der Waals surface area contributed by atoms with E-state index in [0.717, 1.165) is 22.2 Å². The Hall–Kier alpha value is -3.56. The van der Waals surface area contributed by atoms with Crippen LogP contribution in [0.5, 0.6) is 0 Å². The number of anilines is 1. The van der Waals surface area contributed by atoms with Gasteiger partial charge in [-0.15, -0.1) is 0 Å². The molecule has 1 saturated heterocycles. The maximum absolute atomic E-state index is 13.3. The smallest absolute Gasteiger partial charge is 0.331 e. The van der Waals surface area contributed by atoms with Crippen molar-refractivity contribution in [3.8, 4) is 11.1 Å². The van der Waals surface area contributed by atoms with E-state index in [4.69, 9.17) is 23.2 Å². The lowest BCUT2D eigenvalue weighted by Crippen LogP contribution is -2.51. The van der Waals surface area contributed by atoms with E-state index in [9.17, 15) is 19.2 Å². The summed E-state index contributed by atoms with van der Waals surface area (Å²) in [4.78, 5) is 56.3. The number of benzene rings is 2. The number of carbonyl (C=O) groups excluding carboxylic acids is 2. The number of hydrogen-bond acceptors (Lipinski definition) is 4. The third-order valence-corrected chi connectivity index (χ3v) is 8.45. The van der Waals surface area contributed by atoms with Gasteiger partial charge in [0.1, 0.15) is 6.54 Å². The first kappa shape index (κ1) is 28.0. The fourth-order valence-electron chi connectivity index (χ4n) is 5.49. The fourth-order valence-corrected chi connectivity index (χ4v) is 5.90. The zero-order valence-corrected chi connectivity index (χ0v) is 23.7. The van der Waals surface area contributed by atoms with Crippen LogP contribution in [0.1, 0.15) is 31.7 Å². The summed E-state index contributed by atoms with van der Waals surface area (Å²) in [5.74, 6) is -0.224. The van der Waals surface area contributed by atoms with Crippen LogP contribution in [0.4, 0.5) is 10.5 Å². The molecule has 1 N–H and O–H groups in total. The molecule has 3 heterocycles. The highest BCUT2D eigenvalue weighted by Gasteiger charge is 2.31. The molecule has 0 unspecified atom stereocenters. The highest BCUT2D eigenvalue weighted by molar-refractivity contribution is 6.43. The topological polar surface area (TPSA) is 96.7 Å². The van der Waals surface area contributed by atoms with Gasteiger partial charge in [-0.25, -0.2) is 9.59 Å². The van der Waals surface area contributed by atoms with Crippen LogP contribution in [0.3, 0.4) is 0 Å². The lowest BCUT2D eigenvalue weighted by Gasteiger charge is -2.38. The molecule has 0 atom stereocenters. The van der Waals surface area contributed by atoms with Crippen LogP contribution in [-0.2, 0) is 24.3 Å². The third kappa shape index (κ3) is 5.53. The Morgan fingerprint density at radius 1 is 0.975 bits per heavy atom. The van der Waals surface area contributed by atoms with Gasteiger partial charge in [0.05, 0.1) is 15.6 Å². The number of para-hydroxylation sites is 1. The molecule has 210 valence electrons. The minimum atomic E-state index is -0.544. The maximum atomic E-state index is 13.3. The number of carbonyl (C=O) groups is 2. The van der Waals surface area contributed by atoms with Gasteiger partial charge in [0.2, 0.25) is 5.91 Å². The molecule has 1 fully saturated rings. The number of halogens is 2. The monoisotopic (exact) mass is 583 g/mol. The van der Waals surface area contributed by atoms with Gasteiger partial charge >= 0.3 is 11.7 Å². The lowest BCUT2D eigenvalue weighted by molar-refractivity contribution is -0.133. The highest BCUT2D eigenvalue weighted by Crippen LogP contribution is 2.31. The zero-order valence-electron chi connectivity index (χ0n) is 22.2. The minimum Gasteiger partial charge on any atom is -0.341 e.